The van der Waals surface area contributed by atoms with Crippen LogP contribution in [0.1, 0.15) is 16.7 Å². The Bertz CT molecular complexity index is 976. The van der Waals surface area contributed by atoms with Crippen LogP contribution in [0, 0.1) is 13.8 Å². The third-order valence-corrected chi connectivity index (χ3v) is 6.48. The van der Waals surface area contributed by atoms with Crippen molar-refractivity contribution in [2.24, 2.45) is 0 Å². The normalized spacial score (nSPS) is 15.6. The molecule has 28 heavy (non-hydrogen) atoms. The van der Waals surface area contributed by atoms with Crippen LogP contribution in [0.15, 0.2) is 53.4 Å². The molecule has 1 fully saturated rings. The fourth-order valence-electron chi connectivity index (χ4n) is 2.90. The molecule has 0 aliphatic carbocycles. The van der Waals surface area contributed by atoms with Gasteiger partial charge in [-0.1, -0.05) is 24.3 Å². The number of amides is 1. The molecule has 148 valence electrons. The largest absolute Gasteiger partial charge is 0.379 e. The molecule has 0 bridgehead atoms. The molecule has 0 spiro atoms. The predicted molar refractivity (Wildman–Crippen MR) is 110 cm³/mol. The van der Waals surface area contributed by atoms with Crippen LogP contribution in [0.5, 0.6) is 0 Å². The Morgan fingerprint density at radius 1 is 1.07 bits per heavy atom. The van der Waals surface area contributed by atoms with Gasteiger partial charge in [-0.05, 0) is 54.8 Å². The average molecular weight is 401 g/mol. The molecule has 0 saturated carbocycles. The monoisotopic (exact) mass is 400 g/mol. The summed E-state index contributed by atoms with van der Waals surface area (Å²) in [5, 5.41) is 2.86. The summed E-state index contributed by atoms with van der Waals surface area (Å²) in [5.41, 5.74) is 3.59. The molecule has 1 heterocycles. The third-order valence-electron chi connectivity index (χ3n) is 4.57. The van der Waals surface area contributed by atoms with Crippen molar-refractivity contribution in [2.75, 3.05) is 31.6 Å². The maximum absolute atomic E-state index is 12.6. The van der Waals surface area contributed by atoms with Gasteiger partial charge in [0.2, 0.25) is 15.9 Å². The summed E-state index contributed by atoms with van der Waals surface area (Å²) in [5.74, 6) is -0.237. The summed E-state index contributed by atoms with van der Waals surface area (Å²) in [7, 11) is -3.51. The van der Waals surface area contributed by atoms with E-state index >= 15 is 0 Å². The van der Waals surface area contributed by atoms with Crippen LogP contribution >= 0.6 is 0 Å². The highest BCUT2D eigenvalue weighted by Crippen LogP contribution is 2.19. The van der Waals surface area contributed by atoms with E-state index in [-0.39, 0.29) is 10.8 Å². The van der Waals surface area contributed by atoms with Gasteiger partial charge in [-0.3, -0.25) is 4.79 Å². The number of nitrogens with one attached hydrogen (secondary N) is 1. The van der Waals surface area contributed by atoms with E-state index in [9.17, 15) is 13.2 Å². The minimum atomic E-state index is -3.51. The van der Waals surface area contributed by atoms with Gasteiger partial charge in [0.05, 0.1) is 18.1 Å². The molecule has 2 aromatic rings. The number of hydrogen-bond donors (Lipinski definition) is 1. The number of benzene rings is 2. The zero-order valence-electron chi connectivity index (χ0n) is 16.0. The highest BCUT2D eigenvalue weighted by molar-refractivity contribution is 7.89. The first-order valence-corrected chi connectivity index (χ1v) is 10.5. The number of morpholine rings is 1. The highest BCUT2D eigenvalue weighted by Gasteiger charge is 2.25. The first-order valence-electron chi connectivity index (χ1n) is 9.10. The Labute approximate surface area is 165 Å². The van der Waals surface area contributed by atoms with E-state index in [1.165, 1.54) is 10.4 Å². The molecule has 0 unspecified atom stereocenters. The van der Waals surface area contributed by atoms with Crippen molar-refractivity contribution in [3.05, 3.63) is 65.2 Å². The number of sulfonamides is 1. The summed E-state index contributed by atoms with van der Waals surface area (Å²) >= 11 is 0. The van der Waals surface area contributed by atoms with Crippen LogP contribution in [0.25, 0.3) is 6.08 Å². The summed E-state index contributed by atoms with van der Waals surface area (Å²) in [6, 6.07) is 12.4. The first kappa shape index (κ1) is 20.3. The van der Waals surface area contributed by atoms with E-state index in [0.717, 1.165) is 22.4 Å². The average Bonchev–Trinajstić information content (AvgIpc) is 2.70. The molecule has 1 N–H and O–H groups in total. The van der Waals surface area contributed by atoms with Crippen molar-refractivity contribution in [1.82, 2.24) is 4.31 Å². The molecule has 1 aliphatic rings. The fourth-order valence-corrected chi connectivity index (χ4v) is 4.31. The smallest absolute Gasteiger partial charge is 0.248 e. The number of aryl methyl sites for hydroxylation is 2. The lowest BCUT2D eigenvalue weighted by Gasteiger charge is -2.26. The van der Waals surface area contributed by atoms with Crippen molar-refractivity contribution < 1.29 is 17.9 Å². The Hall–Kier alpha value is -2.48. The van der Waals surface area contributed by atoms with Crippen LogP contribution in [0.2, 0.25) is 0 Å². The van der Waals surface area contributed by atoms with Gasteiger partial charge in [0, 0.05) is 24.9 Å². The Kier molecular flexibility index (Phi) is 6.28. The van der Waals surface area contributed by atoms with Crippen LogP contribution < -0.4 is 5.32 Å². The maximum Gasteiger partial charge on any atom is 0.248 e. The number of nitrogens with zero attached hydrogens (tertiary/aromatic N) is 1. The lowest BCUT2D eigenvalue weighted by molar-refractivity contribution is -0.111. The van der Waals surface area contributed by atoms with Gasteiger partial charge in [-0.2, -0.15) is 4.31 Å². The number of carbonyl (C=O) groups is 1. The topological polar surface area (TPSA) is 75.7 Å². The highest BCUT2D eigenvalue weighted by atomic mass is 32.2. The van der Waals surface area contributed by atoms with Gasteiger partial charge in [0.1, 0.15) is 0 Å². The summed E-state index contributed by atoms with van der Waals surface area (Å²) in [4.78, 5) is 12.4. The molecule has 3 rings (SSSR count). The zero-order valence-corrected chi connectivity index (χ0v) is 16.8. The quantitative estimate of drug-likeness (QED) is 0.783. The minimum absolute atomic E-state index is 0.237. The Morgan fingerprint density at radius 2 is 1.75 bits per heavy atom. The number of ether oxygens (including phenoxy) is 1. The standard InChI is InChI=1S/C21H24N2O4S/c1-16-3-4-17(2)20(15-16)22-21(24)10-7-18-5-8-19(9-6-18)28(25,26)23-11-13-27-14-12-23/h3-10,15H,11-14H2,1-2H3,(H,22,24). The Balaban J connectivity index is 1.66. The van der Waals surface area contributed by atoms with Gasteiger partial charge < -0.3 is 10.1 Å². The van der Waals surface area contributed by atoms with Crippen LogP contribution in [0.4, 0.5) is 5.69 Å². The summed E-state index contributed by atoms with van der Waals surface area (Å²) in [6.45, 7) is 5.46. The van der Waals surface area contributed by atoms with Crippen molar-refractivity contribution in [2.45, 2.75) is 18.7 Å². The minimum Gasteiger partial charge on any atom is -0.379 e. The fraction of sp³-hybridized carbons (Fsp3) is 0.286. The lowest BCUT2D eigenvalue weighted by Crippen LogP contribution is -2.40. The molecule has 0 atom stereocenters. The molecular weight excluding hydrogens is 376 g/mol. The predicted octanol–water partition coefficient (Wildman–Crippen LogP) is 2.98. The molecule has 1 saturated heterocycles. The van der Waals surface area contributed by atoms with Crippen LogP contribution in [0.3, 0.4) is 0 Å². The van der Waals surface area contributed by atoms with E-state index in [2.05, 4.69) is 5.32 Å². The summed E-state index contributed by atoms with van der Waals surface area (Å²) < 4.78 is 31.9. The van der Waals surface area contributed by atoms with Crippen LogP contribution in [-0.4, -0.2) is 44.9 Å². The van der Waals surface area contributed by atoms with E-state index in [1.54, 1.807) is 30.3 Å². The van der Waals surface area contributed by atoms with Crippen molar-refractivity contribution >= 4 is 27.7 Å². The van der Waals surface area contributed by atoms with Gasteiger partial charge in [-0.15, -0.1) is 0 Å². The van der Waals surface area contributed by atoms with Crippen LogP contribution in [-0.2, 0) is 19.6 Å². The van der Waals surface area contributed by atoms with Crippen molar-refractivity contribution in [3.63, 3.8) is 0 Å². The van der Waals surface area contributed by atoms with E-state index in [0.29, 0.717) is 26.3 Å². The zero-order chi connectivity index (χ0) is 20.1. The molecule has 7 heteroatoms. The van der Waals surface area contributed by atoms with Gasteiger partial charge >= 0.3 is 0 Å². The lowest BCUT2D eigenvalue weighted by atomic mass is 10.1. The SMILES string of the molecule is Cc1ccc(C)c(NC(=O)C=Cc2ccc(S(=O)(=O)N3CCOCC3)cc2)c1. The van der Waals surface area contributed by atoms with Crippen molar-refractivity contribution in [1.29, 1.82) is 0 Å². The van der Waals surface area contributed by atoms with E-state index in [4.69, 9.17) is 4.74 Å². The second-order valence-electron chi connectivity index (χ2n) is 6.73. The Morgan fingerprint density at radius 3 is 2.43 bits per heavy atom. The second kappa shape index (κ2) is 8.68. The maximum atomic E-state index is 12.6. The molecule has 0 radical (unpaired) electrons. The van der Waals surface area contributed by atoms with Gasteiger partial charge in [0.25, 0.3) is 0 Å². The molecule has 2 aromatic carbocycles. The third kappa shape index (κ3) is 4.86. The first-order chi connectivity index (χ1) is 13.4. The number of hydrogen-bond acceptors (Lipinski definition) is 4. The molecule has 1 aliphatic heterocycles. The second-order valence-corrected chi connectivity index (χ2v) is 8.66. The van der Waals surface area contributed by atoms with Gasteiger partial charge in [0.15, 0.2) is 0 Å². The molecule has 1 amide bonds. The van der Waals surface area contributed by atoms with Crippen molar-refractivity contribution in [3.8, 4) is 0 Å². The summed E-state index contributed by atoms with van der Waals surface area (Å²) in [6.07, 6.45) is 3.10. The van der Waals surface area contributed by atoms with E-state index < -0.39 is 10.0 Å². The molecule has 6 nitrogen and oxygen atoms in total. The van der Waals surface area contributed by atoms with E-state index in [1.807, 2.05) is 32.0 Å². The van der Waals surface area contributed by atoms with Gasteiger partial charge in [-0.25, -0.2) is 8.42 Å². The number of anilines is 1. The molecular formula is C21H24N2O4S. The number of carbonyl (C=O) groups excluding carboxylic acids is 1. The number of rotatable bonds is 5. The molecule has 0 aromatic heterocycles.